The summed E-state index contributed by atoms with van der Waals surface area (Å²) in [7, 11) is 0. The van der Waals surface area contributed by atoms with Crippen LogP contribution in [0.15, 0.2) is 89.9 Å². The molecule has 0 saturated heterocycles. The van der Waals surface area contributed by atoms with E-state index in [4.69, 9.17) is 4.99 Å². The van der Waals surface area contributed by atoms with E-state index in [-0.39, 0.29) is 11.6 Å². The first-order valence-corrected chi connectivity index (χ1v) is 11.7. The first-order valence-electron chi connectivity index (χ1n) is 11.7. The fourth-order valence-electron chi connectivity index (χ4n) is 4.43. The Morgan fingerprint density at radius 1 is 1.06 bits per heavy atom. The normalized spacial score (nSPS) is 14.5. The Balaban J connectivity index is 1.50. The Morgan fingerprint density at radius 2 is 1.86 bits per heavy atom. The van der Waals surface area contributed by atoms with Gasteiger partial charge in [0.2, 0.25) is 0 Å². The van der Waals surface area contributed by atoms with Gasteiger partial charge in [-0.3, -0.25) is 15.0 Å². The van der Waals surface area contributed by atoms with Crippen LogP contribution in [0.2, 0.25) is 0 Å². The highest BCUT2D eigenvalue weighted by atomic mass is 16.6. The van der Waals surface area contributed by atoms with Crippen LogP contribution in [0.3, 0.4) is 0 Å². The lowest BCUT2D eigenvalue weighted by Crippen LogP contribution is -2.29. The summed E-state index contributed by atoms with van der Waals surface area (Å²) in [6, 6.07) is 22.1. The summed E-state index contributed by atoms with van der Waals surface area (Å²) in [4.78, 5) is 21.2. The topological polar surface area (TPSA) is 94.8 Å². The highest BCUT2D eigenvalue weighted by Gasteiger charge is 2.21. The number of rotatable bonds is 7. The zero-order chi connectivity index (χ0) is 24.2. The van der Waals surface area contributed by atoms with E-state index in [0.29, 0.717) is 22.2 Å². The number of nitrogens with one attached hydrogen (secondary N) is 1. The van der Waals surface area contributed by atoms with Crippen molar-refractivity contribution in [2.24, 2.45) is 4.99 Å². The molecule has 0 fully saturated rings. The number of hydrogen-bond donors (Lipinski definition) is 2. The number of aliphatic imine (C=N–C) groups is 1. The molecule has 5 rings (SSSR count). The second kappa shape index (κ2) is 9.95. The molecule has 0 saturated carbocycles. The van der Waals surface area contributed by atoms with E-state index in [1.54, 1.807) is 6.07 Å². The molecule has 35 heavy (non-hydrogen) atoms. The van der Waals surface area contributed by atoms with Crippen molar-refractivity contribution < 1.29 is 10.0 Å². The van der Waals surface area contributed by atoms with Gasteiger partial charge in [0.15, 0.2) is 5.88 Å². The summed E-state index contributed by atoms with van der Waals surface area (Å²) in [6.07, 6.45) is 6.54. The standard InChI is InChI=1S/C28H26N4O3/c33-28-26(24-19-23(32(34)35)13-14-25(24)30-28)27(21-7-3-1-4-8-21)29-22-11-9-20(10-12-22)15-18-31-16-5-2-6-17-31/h1-5,7-14,19,30,33H,6,15-18H2. The van der Waals surface area contributed by atoms with Crippen LogP contribution in [-0.4, -0.2) is 45.3 Å². The fourth-order valence-corrected chi connectivity index (χ4v) is 4.43. The van der Waals surface area contributed by atoms with Crippen molar-refractivity contribution in [3.63, 3.8) is 0 Å². The van der Waals surface area contributed by atoms with Gasteiger partial charge in [-0.1, -0.05) is 54.6 Å². The third-order valence-electron chi connectivity index (χ3n) is 6.29. The quantitative estimate of drug-likeness (QED) is 0.157. The smallest absolute Gasteiger partial charge is 0.270 e. The van der Waals surface area contributed by atoms with Gasteiger partial charge in [0.25, 0.3) is 5.69 Å². The summed E-state index contributed by atoms with van der Waals surface area (Å²) in [5.41, 5.74) is 4.34. The van der Waals surface area contributed by atoms with Crippen LogP contribution in [-0.2, 0) is 6.42 Å². The summed E-state index contributed by atoms with van der Waals surface area (Å²) in [5.74, 6) is -0.0738. The number of aromatic amines is 1. The molecule has 1 aromatic heterocycles. The molecule has 0 radical (unpaired) electrons. The van der Waals surface area contributed by atoms with Crippen LogP contribution in [0, 0.1) is 10.1 Å². The maximum atomic E-state index is 11.4. The molecule has 0 amide bonds. The molecule has 0 aliphatic carbocycles. The Hall–Kier alpha value is -4.23. The third-order valence-corrected chi connectivity index (χ3v) is 6.29. The number of fused-ring (bicyclic) bond motifs is 1. The number of aromatic hydroxyl groups is 1. The second-order valence-electron chi connectivity index (χ2n) is 8.64. The van der Waals surface area contributed by atoms with E-state index in [0.717, 1.165) is 43.7 Å². The molecule has 3 aromatic carbocycles. The molecule has 2 heterocycles. The van der Waals surface area contributed by atoms with Crippen molar-refractivity contribution in [3.8, 4) is 5.88 Å². The van der Waals surface area contributed by atoms with Crippen LogP contribution in [0.25, 0.3) is 10.9 Å². The van der Waals surface area contributed by atoms with Crippen LogP contribution in [0.4, 0.5) is 11.4 Å². The zero-order valence-electron chi connectivity index (χ0n) is 19.2. The van der Waals surface area contributed by atoms with Crippen LogP contribution in [0.1, 0.15) is 23.1 Å². The Kier molecular flexibility index (Phi) is 6.41. The van der Waals surface area contributed by atoms with Gasteiger partial charge in [-0.25, -0.2) is 4.99 Å². The molecule has 0 unspecified atom stereocenters. The van der Waals surface area contributed by atoms with E-state index in [2.05, 4.69) is 34.2 Å². The molecule has 4 aromatic rings. The van der Waals surface area contributed by atoms with Gasteiger partial charge < -0.3 is 10.1 Å². The highest BCUT2D eigenvalue weighted by molar-refractivity contribution is 6.22. The molecule has 0 bridgehead atoms. The minimum atomic E-state index is -0.439. The van der Waals surface area contributed by atoms with E-state index < -0.39 is 4.92 Å². The number of nitrogens with zero attached hydrogens (tertiary/aromatic N) is 3. The van der Waals surface area contributed by atoms with Crippen LogP contribution >= 0.6 is 0 Å². The molecule has 1 aliphatic heterocycles. The lowest BCUT2D eigenvalue weighted by Gasteiger charge is -2.22. The van der Waals surface area contributed by atoms with Gasteiger partial charge in [0.05, 0.1) is 21.9 Å². The predicted octanol–water partition coefficient (Wildman–Crippen LogP) is 5.76. The Bertz CT molecular complexity index is 1410. The van der Waals surface area contributed by atoms with Crippen molar-refractivity contribution in [1.82, 2.24) is 9.88 Å². The average Bonchev–Trinajstić information content (AvgIpc) is 3.22. The van der Waals surface area contributed by atoms with Crippen molar-refractivity contribution in [1.29, 1.82) is 0 Å². The number of aromatic nitrogens is 1. The lowest BCUT2D eigenvalue weighted by atomic mass is 10.0. The van der Waals surface area contributed by atoms with Gasteiger partial charge in [0, 0.05) is 48.2 Å². The van der Waals surface area contributed by atoms with Crippen molar-refractivity contribution in [2.45, 2.75) is 12.8 Å². The first-order chi connectivity index (χ1) is 17.1. The molecular formula is C28H26N4O3. The van der Waals surface area contributed by atoms with Crippen molar-refractivity contribution in [2.75, 3.05) is 19.6 Å². The predicted molar refractivity (Wildman–Crippen MR) is 139 cm³/mol. The van der Waals surface area contributed by atoms with E-state index >= 15 is 0 Å². The molecule has 1 aliphatic rings. The van der Waals surface area contributed by atoms with E-state index in [1.807, 2.05) is 42.5 Å². The number of non-ortho nitro benzene ring substituents is 1. The molecule has 7 heteroatoms. The maximum absolute atomic E-state index is 11.4. The number of H-pyrrole nitrogens is 1. The van der Waals surface area contributed by atoms with Crippen molar-refractivity contribution >= 4 is 28.0 Å². The first kappa shape index (κ1) is 22.6. The molecule has 7 nitrogen and oxygen atoms in total. The molecular weight excluding hydrogens is 440 g/mol. The second-order valence-corrected chi connectivity index (χ2v) is 8.64. The van der Waals surface area contributed by atoms with E-state index in [9.17, 15) is 15.2 Å². The molecule has 0 spiro atoms. The monoisotopic (exact) mass is 466 g/mol. The third kappa shape index (κ3) is 5.00. The van der Waals surface area contributed by atoms with Gasteiger partial charge in [0.1, 0.15) is 0 Å². The lowest BCUT2D eigenvalue weighted by molar-refractivity contribution is -0.384. The van der Waals surface area contributed by atoms with Crippen molar-refractivity contribution in [3.05, 3.63) is 112 Å². The molecule has 176 valence electrons. The highest BCUT2D eigenvalue weighted by Crippen LogP contribution is 2.33. The summed E-state index contributed by atoms with van der Waals surface area (Å²) in [6.45, 7) is 3.13. The summed E-state index contributed by atoms with van der Waals surface area (Å²) >= 11 is 0. The van der Waals surface area contributed by atoms with E-state index in [1.165, 1.54) is 17.7 Å². The Morgan fingerprint density at radius 3 is 2.57 bits per heavy atom. The maximum Gasteiger partial charge on any atom is 0.270 e. The van der Waals surface area contributed by atoms with Gasteiger partial charge >= 0.3 is 0 Å². The number of nitro benzene ring substituents is 1. The van der Waals surface area contributed by atoms with Crippen LogP contribution < -0.4 is 0 Å². The summed E-state index contributed by atoms with van der Waals surface area (Å²) in [5, 5.41) is 22.7. The minimum Gasteiger partial charge on any atom is -0.494 e. The number of benzene rings is 3. The SMILES string of the molecule is O=[N+]([O-])c1ccc2[nH]c(O)c(C(=Nc3ccc(CCN4CC=CCC4)cc3)c3ccccc3)c2c1. The molecule has 0 atom stereocenters. The fraction of sp³-hybridized carbons (Fsp3) is 0.179. The average molecular weight is 467 g/mol. The van der Waals surface area contributed by atoms with Gasteiger partial charge in [-0.05, 0) is 36.6 Å². The number of nitro groups is 1. The van der Waals surface area contributed by atoms with Gasteiger partial charge in [-0.2, -0.15) is 0 Å². The van der Waals surface area contributed by atoms with Gasteiger partial charge in [-0.15, -0.1) is 0 Å². The Labute approximate surface area is 203 Å². The zero-order valence-corrected chi connectivity index (χ0v) is 19.2. The minimum absolute atomic E-state index is 0.0429. The van der Waals surface area contributed by atoms with Crippen LogP contribution in [0.5, 0.6) is 5.88 Å². The molecule has 2 N–H and O–H groups in total. The number of hydrogen-bond acceptors (Lipinski definition) is 5. The summed E-state index contributed by atoms with van der Waals surface area (Å²) < 4.78 is 0. The largest absolute Gasteiger partial charge is 0.494 e.